The predicted molar refractivity (Wildman–Crippen MR) is 93.3 cm³/mol. The number of halogens is 3. The van der Waals surface area contributed by atoms with E-state index in [9.17, 15) is 4.39 Å². The van der Waals surface area contributed by atoms with Crippen LogP contribution in [0.25, 0.3) is 0 Å². The van der Waals surface area contributed by atoms with Crippen LogP contribution in [0.3, 0.4) is 0 Å². The van der Waals surface area contributed by atoms with Crippen LogP contribution in [0, 0.1) is 5.82 Å². The summed E-state index contributed by atoms with van der Waals surface area (Å²) in [5.74, 6) is 0.533. The number of anilines is 3. The van der Waals surface area contributed by atoms with E-state index in [-0.39, 0.29) is 11.8 Å². The molecule has 2 N–H and O–H groups in total. The molecule has 122 valence electrons. The minimum Gasteiger partial charge on any atom is -0.365 e. The zero-order chi connectivity index (χ0) is 16.9. The molecule has 3 rings (SSSR count). The van der Waals surface area contributed by atoms with Crippen molar-refractivity contribution in [3.8, 4) is 0 Å². The molecule has 0 saturated heterocycles. The van der Waals surface area contributed by atoms with Crippen LogP contribution in [0.1, 0.15) is 5.56 Å². The molecule has 5 nitrogen and oxygen atoms in total. The highest BCUT2D eigenvalue weighted by atomic mass is 35.5. The molecular formula is C16H12Cl2FN5. The lowest BCUT2D eigenvalue weighted by Gasteiger charge is -2.09. The first-order valence-corrected chi connectivity index (χ1v) is 7.76. The van der Waals surface area contributed by atoms with E-state index in [4.69, 9.17) is 23.2 Å². The number of hydrogen-bond donors (Lipinski definition) is 2. The molecule has 0 atom stereocenters. The van der Waals surface area contributed by atoms with E-state index in [1.807, 2.05) is 0 Å². The number of hydrogen-bond acceptors (Lipinski definition) is 5. The number of benzene rings is 2. The van der Waals surface area contributed by atoms with Gasteiger partial charge in [-0.3, -0.25) is 0 Å². The maximum absolute atomic E-state index is 12.9. The molecule has 0 bridgehead atoms. The van der Waals surface area contributed by atoms with E-state index < -0.39 is 0 Å². The fourth-order valence-electron chi connectivity index (χ4n) is 1.95. The van der Waals surface area contributed by atoms with Crippen LogP contribution in [0.2, 0.25) is 10.0 Å². The average Bonchev–Trinajstić information content (AvgIpc) is 2.58. The number of nitrogens with zero attached hydrogens (tertiary/aromatic N) is 3. The summed E-state index contributed by atoms with van der Waals surface area (Å²) in [5.41, 5.74) is 1.50. The highest BCUT2D eigenvalue weighted by Gasteiger charge is 2.06. The van der Waals surface area contributed by atoms with Crippen molar-refractivity contribution >= 4 is 40.7 Å². The first-order chi connectivity index (χ1) is 11.6. The molecule has 3 aromatic rings. The number of rotatable bonds is 5. The zero-order valence-corrected chi connectivity index (χ0v) is 13.8. The summed E-state index contributed by atoms with van der Waals surface area (Å²) in [4.78, 5) is 4.30. The molecule has 2 aromatic carbocycles. The maximum atomic E-state index is 12.9. The Morgan fingerprint density at radius 2 is 1.83 bits per heavy atom. The Morgan fingerprint density at radius 1 is 1.04 bits per heavy atom. The van der Waals surface area contributed by atoms with Gasteiger partial charge in [-0.2, -0.15) is 10.1 Å². The quantitative estimate of drug-likeness (QED) is 0.689. The lowest BCUT2D eigenvalue weighted by molar-refractivity contribution is 0.627. The van der Waals surface area contributed by atoms with E-state index in [2.05, 4.69) is 25.8 Å². The Morgan fingerprint density at radius 3 is 2.62 bits per heavy atom. The Labute approximate surface area is 147 Å². The van der Waals surface area contributed by atoms with Gasteiger partial charge in [0.2, 0.25) is 5.95 Å². The van der Waals surface area contributed by atoms with Crippen molar-refractivity contribution in [1.29, 1.82) is 0 Å². The monoisotopic (exact) mass is 363 g/mol. The van der Waals surface area contributed by atoms with Crippen molar-refractivity contribution in [2.45, 2.75) is 6.54 Å². The fraction of sp³-hybridized carbons (Fsp3) is 0.0625. The smallest absolute Gasteiger partial charge is 0.249 e. The zero-order valence-electron chi connectivity index (χ0n) is 12.3. The van der Waals surface area contributed by atoms with Gasteiger partial charge in [0.15, 0.2) is 5.82 Å². The predicted octanol–water partition coefficient (Wildman–Crippen LogP) is 4.67. The Kier molecular flexibility index (Phi) is 5.08. The third-order valence-electron chi connectivity index (χ3n) is 3.12. The highest BCUT2D eigenvalue weighted by molar-refractivity contribution is 6.35. The molecule has 0 unspecified atom stereocenters. The van der Waals surface area contributed by atoms with Gasteiger partial charge in [-0.1, -0.05) is 35.3 Å². The first-order valence-electron chi connectivity index (χ1n) is 7.00. The molecule has 1 heterocycles. The van der Waals surface area contributed by atoms with Crippen molar-refractivity contribution in [2.24, 2.45) is 0 Å². The van der Waals surface area contributed by atoms with Gasteiger partial charge in [-0.05, 0) is 35.9 Å². The molecule has 0 aliphatic carbocycles. The highest BCUT2D eigenvalue weighted by Crippen LogP contribution is 2.27. The van der Waals surface area contributed by atoms with Gasteiger partial charge in [-0.15, -0.1) is 5.10 Å². The van der Waals surface area contributed by atoms with Crippen LogP contribution in [0.5, 0.6) is 0 Å². The number of aromatic nitrogens is 3. The normalized spacial score (nSPS) is 10.5. The minimum atomic E-state index is -0.271. The summed E-state index contributed by atoms with van der Waals surface area (Å²) in [6.07, 6.45) is 1.49. The topological polar surface area (TPSA) is 62.7 Å². The largest absolute Gasteiger partial charge is 0.365 e. The Balaban J connectivity index is 1.69. The molecule has 8 heteroatoms. The van der Waals surface area contributed by atoms with Crippen LogP contribution in [-0.2, 0) is 6.54 Å². The van der Waals surface area contributed by atoms with E-state index in [0.717, 1.165) is 5.56 Å². The van der Waals surface area contributed by atoms with Gasteiger partial charge in [0, 0.05) is 11.6 Å². The van der Waals surface area contributed by atoms with Gasteiger partial charge in [-0.25, -0.2) is 4.39 Å². The van der Waals surface area contributed by atoms with Crippen LogP contribution < -0.4 is 10.6 Å². The second-order valence-electron chi connectivity index (χ2n) is 4.89. The Bertz CT molecular complexity index is 842. The van der Waals surface area contributed by atoms with E-state index in [1.165, 1.54) is 18.3 Å². The lowest BCUT2D eigenvalue weighted by atomic mass is 10.2. The first kappa shape index (κ1) is 16.4. The van der Waals surface area contributed by atoms with Crippen LogP contribution in [0.15, 0.2) is 48.7 Å². The fourth-order valence-corrected chi connectivity index (χ4v) is 2.29. The summed E-state index contributed by atoms with van der Waals surface area (Å²) >= 11 is 12.0. The Hall–Kier alpha value is -2.44. The van der Waals surface area contributed by atoms with E-state index in [1.54, 1.807) is 30.3 Å². The molecule has 0 fully saturated rings. The molecule has 1 aromatic heterocycles. The molecule has 0 radical (unpaired) electrons. The second kappa shape index (κ2) is 7.42. The van der Waals surface area contributed by atoms with Crippen molar-refractivity contribution < 1.29 is 4.39 Å². The third-order valence-corrected chi connectivity index (χ3v) is 3.69. The molecule has 0 saturated carbocycles. The van der Waals surface area contributed by atoms with E-state index in [0.29, 0.717) is 28.1 Å². The lowest BCUT2D eigenvalue weighted by Crippen LogP contribution is -2.05. The van der Waals surface area contributed by atoms with E-state index >= 15 is 0 Å². The van der Waals surface area contributed by atoms with Crippen LogP contribution >= 0.6 is 23.2 Å². The minimum absolute atomic E-state index is 0.271. The van der Waals surface area contributed by atoms with Gasteiger partial charge in [0.05, 0.1) is 16.9 Å². The van der Waals surface area contributed by atoms with Crippen molar-refractivity contribution in [3.63, 3.8) is 0 Å². The van der Waals surface area contributed by atoms with Gasteiger partial charge in [0.25, 0.3) is 0 Å². The third kappa shape index (κ3) is 4.31. The summed E-state index contributed by atoms with van der Waals surface area (Å²) in [7, 11) is 0. The maximum Gasteiger partial charge on any atom is 0.249 e. The van der Waals surface area contributed by atoms with Crippen molar-refractivity contribution in [1.82, 2.24) is 15.2 Å². The van der Waals surface area contributed by atoms with Gasteiger partial charge < -0.3 is 10.6 Å². The second-order valence-corrected chi connectivity index (χ2v) is 5.74. The van der Waals surface area contributed by atoms with Crippen LogP contribution in [0.4, 0.5) is 21.8 Å². The van der Waals surface area contributed by atoms with Gasteiger partial charge >= 0.3 is 0 Å². The summed E-state index contributed by atoms with van der Waals surface area (Å²) in [5, 5.41) is 14.9. The summed E-state index contributed by atoms with van der Waals surface area (Å²) in [6.45, 7) is 0.482. The molecular weight excluding hydrogens is 352 g/mol. The molecule has 0 spiro atoms. The average molecular weight is 364 g/mol. The van der Waals surface area contributed by atoms with Crippen LogP contribution in [-0.4, -0.2) is 15.2 Å². The SMILES string of the molecule is Fc1ccc(CNc2cnnc(Nc3cc(Cl)ccc3Cl)n2)cc1. The summed E-state index contributed by atoms with van der Waals surface area (Å²) < 4.78 is 12.9. The molecule has 0 aliphatic rings. The number of nitrogens with one attached hydrogen (secondary N) is 2. The van der Waals surface area contributed by atoms with Crippen molar-refractivity contribution in [2.75, 3.05) is 10.6 Å². The summed E-state index contributed by atoms with van der Waals surface area (Å²) in [6, 6.07) is 11.2. The molecule has 24 heavy (non-hydrogen) atoms. The molecule has 0 aliphatic heterocycles. The standard InChI is InChI=1S/C16H12Cl2FN5/c17-11-3-6-13(18)14(7-11)22-16-23-15(9-21-24-16)20-8-10-1-4-12(19)5-2-10/h1-7,9H,8H2,(H2,20,22,23,24). The van der Waals surface area contributed by atoms with Gasteiger partial charge in [0.1, 0.15) is 5.82 Å². The van der Waals surface area contributed by atoms with Crippen molar-refractivity contribution in [3.05, 3.63) is 70.1 Å². The molecule has 0 amide bonds.